The second-order valence-electron chi connectivity index (χ2n) is 8.50. The Morgan fingerprint density at radius 2 is 1.70 bits per heavy atom. The molecule has 1 heterocycles. The summed E-state index contributed by atoms with van der Waals surface area (Å²) in [5.41, 5.74) is 0.948. The lowest BCUT2D eigenvalue weighted by Crippen LogP contribution is -2.51. The highest BCUT2D eigenvalue weighted by molar-refractivity contribution is 6.30. The fourth-order valence-electron chi connectivity index (χ4n) is 3.48. The van der Waals surface area contributed by atoms with E-state index in [0.29, 0.717) is 30.5 Å². The van der Waals surface area contributed by atoms with Gasteiger partial charge in [0, 0.05) is 63.7 Å². The zero-order valence-electron chi connectivity index (χ0n) is 21.9. The largest absolute Gasteiger partial charge is 0.492 e. The van der Waals surface area contributed by atoms with Crippen molar-refractivity contribution < 1.29 is 42.4 Å². The predicted molar refractivity (Wildman–Crippen MR) is 144 cm³/mol. The van der Waals surface area contributed by atoms with E-state index in [4.69, 9.17) is 36.0 Å². The van der Waals surface area contributed by atoms with Crippen LogP contribution in [0.5, 0.6) is 5.75 Å². The van der Waals surface area contributed by atoms with Crippen molar-refractivity contribution in [3.63, 3.8) is 0 Å². The number of nitrogens with zero attached hydrogens (tertiary/aromatic N) is 3. The van der Waals surface area contributed by atoms with Crippen molar-refractivity contribution in [1.82, 2.24) is 9.80 Å². The van der Waals surface area contributed by atoms with E-state index in [9.17, 15) is 23.1 Å². The lowest BCUT2D eigenvalue weighted by molar-refractivity contribution is -0.192. The Kier molecular flexibility index (Phi) is 13.5. The second kappa shape index (κ2) is 16.5. The lowest BCUT2D eigenvalue weighted by Gasteiger charge is -2.36. The van der Waals surface area contributed by atoms with Crippen LogP contribution < -0.4 is 10.1 Å². The topological polar surface area (TPSA) is 124 Å². The number of anilines is 1. The van der Waals surface area contributed by atoms with Crippen molar-refractivity contribution in [1.29, 1.82) is 0 Å². The number of ether oxygens (including phenoxy) is 2. The van der Waals surface area contributed by atoms with Gasteiger partial charge in [-0.2, -0.15) is 13.2 Å². The molecule has 3 rings (SSSR count). The molecule has 0 atom stereocenters. The van der Waals surface area contributed by atoms with Gasteiger partial charge in [0.15, 0.2) is 5.96 Å². The van der Waals surface area contributed by atoms with Crippen LogP contribution in [0.3, 0.4) is 0 Å². The van der Waals surface area contributed by atoms with Crippen LogP contribution in [-0.4, -0.2) is 104 Å². The zero-order chi connectivity index (χ0) is 29.5. The van der Waals surface area contributed by atoms with Gasteiger partial charge in [0.25, 0.3) is 0 Å². The van der Waals surface area contributed by atoms with Crippen molar-refractivity contribution in [2.45, 2.75) is 12.6 Å². The molecule has 0 bridgehead atoms. The number of aliphatic carboxylic acids is 1. The molecule has 3 N–H and O–H groups in total. The normalized spacial score (nSPS) is 14.2. The van der Waals surface area contributed by atoms with Crippen LogP contribution in [0.2, 0.25) is 5.02 Å². The van der Waals surface area contributed by atoms with Crippen LogP contribution in [0.25, 0.3) is 0 Å². The van der Waals surface area contributed by atoms with Gasteiger partial charge in [-0.1, -0.05) is 17.7 Å². The van der Waals surface area contributed by atoms with Crippen LogP contribution in [0.4, 0.5) is 18.9 Å². The molecule has 1 saturated heterocycles. The number of carboxylic acid groups (broad SMARTS) is 2. The third kappa shape index (κ3) is 12.1. The number of hydrogen-bond acceptors (Lipinski definition) is 6. The highest BCUT2D eigenvalue weighted by atomic mass is 35.5. The quantitative estimate of drug-likeness (QED) is 0.213. The fourth-order valence-corrected chi connectivity index (χ4v) is 3.60. The van der Waals surface area contributed by atoms with E-state index < -0.39 is 18.1 Å². The number of halogens is 4. The zero-order valence-corrected chi connectivity index (χ0v) is 22.6. The van der Waals surface area contributed by atoms with E-state index in [0.717, 1.165) is 50.9 Å². The summed E-state index contributed by atoms with van der Waals surface area (Å²) in [6.45, 7) is 6.13. The highest BCUT2D eigenvalue weighted by Gasteiger charge is 2.38. The Bertz CT molecular complexity index is 1110. The molecule has 1 fully saturated rings. The molecule has 1 aliphatic rings. The summed E-state index contributed by atoms with van der Waals surface area (Å²) in [5, 5.41) is 20.4. The number of alkyl halides is 3. The maximum Gasteiger partial charge on any atom is 0.490 e. The number of guanidine groups is 1. The number of nitrogens with one attached hydrogen (secondary N) is 1. The first-order valence-electron chi connectivity index (χ1n) is 12.3. The van der Waals surface area contributed by atoms with Gasteiger partial charge >= 0.3 is 18.1 Å². The molecule has 10 nitrogen and oxygen atoms in total. The van der Waals surface area contributed by atoms with E-state index >= 15 is 0 Å². The minimum Gasteiger partial charge on any atom is -0.492 e. The van der Waals surface area contributed by atoms with Gasteiger partial charge in [0.05, 0.1) is 5.56 Å². The van der Waals surface area contributed by atoms with Gasteiger partial charge in [-0.15, -0.1) is 0 Å². The van der Waals surface area contributed by atoms with E-state index in [1.807, 2.05) is 30.3 Å². The van der Waals surface area contributed by atoms with Gasteiger partial charge in [0.2, 0.25) is 0 Å². The van der Waals surface area contributed by atoms with E-state index in [2.05, 4.69) is 15.1 Å². The Hall–Kier alpha value is -3.55. The van der Waals surface area contributed by atoms with Crippen LogP contribution in [0, 0.1) is 0 Å². The van der Waals surface area contributed by atoms with Gasteiger partial charge in [-0.05, 0) is 48.9 Å². The number of carbonyl (C=O) groups is 2. The third-order valence-electron chi connectivity index (χ3n) is 5.54. The number of benzene rings is 2. The molecule has 1 aliphatic heterocycles. The van der Waals surface area contributed by atoms with Gasteiger partial charge in [-0.25, -0.2) is 9.59 Å². The summed E-state index contributed by atoms with van der Waals surface area (Å²) in [5.74, 6) is -2.14. The van der Waals surface area contributed by atoms with Crippen molar-refractivity contribution in [3.8, 4) is 5.75 Å². The number of methoxy groups -OCH3 is 1. The molecule has 0 unspecified atom stereocenters. The molecule has 0 aliphatic carbocycles. The number of rotatable bonds is 10. The molecule has 40 heavy (non-hydrogen) atoms. The summed E-state index contributed by atoms with van der Waals surface area (Å²) in [6.07, 6.45) is -4.27. The monoisotopic (exact) mass is 588 g/mol. The maximum absolute atomic E-state index is 11.3. The predicted octanol–water partition coefficient (Wildman–Crippen LogP) is 4.17. The molecule has 0 radical (unpaired) electrons. The average molecular weight is 589 g/mol. The fraction of sp³-hybridized carbons (Fsp3) is 0.423. The molecular formula is C26H32ClF3N4O6. The maximum atomic E-state index is 11.3. The standard InChI is InChI=1S/C24H31ClN4O4.C2HF3O2/c1-32-16-3-10-26-24(27-21-5-2-4-19(18-21)23(30)31)29-13-11-28(12-14-29)15-17-33-22-8-6-20(25)7-9-22;3-2(4,5)1(6)7/h2,4-9,18H,3,10-17H2,1H3,(H,26,27)(H,30,31);(H,6,7). The summed E-state index contributed by atoms with van der Waals surface area (Å²) in [7, 11) is 1.68. The van der Waals surface area contributed by atoms with E-state index in [1.165, 1.54) is 0 Å². The van der Waals surface area contributed by atoms with Crippen LogP contribution in [0.1, 0.15) is 16.8 Å². The number of carboxylic acids is 2. The first kappa shape index (κ1) is 32.7. The average Bonchev–Trinajstić information content (AvgIpc) is 2.92. The second-order valence-corrected chi connectivity index (χ2v) is 8.93. The minimum atomic E-state index is -5.08. The lowest BCUT2D eigenvalue weighted by atomic mass is 10.2. The molecule has 0 spiro atoms. The number of hydrogen-bond donors (Lipinski definition) is 3. The molecular weight excluding hydrogens is 557 g/mol. The summed E-state index contributed by atoms with van der Waals surface area (Å²) < 4.78 is 42.7. The van der Waals surface area contributed by atoms with Crippen LogP contribution in [0.15, 0.2) is 53.5 Å². The van der Waals surface area contributed by atoms with E-state index in [1.54, 1.807) is 25.3 Å². The Balaban J connectivity index is 0.000000708. The van der Waals surface area contributed by atoms with Crippen molar-refractivity contribution >= 4 is 35.2 Å². The summed E-state index contributed by atoms with van der Waals surface area (Å²) in [6, 6.07) is 14.2. The first-order chi connectivity index (χ1) is 19.0. The van der Waals surface area contributed by atoms with Gasteiger partial charge in [0.1, 0.15) is 12.4 Å². The van der Waals surface area contributed by atoms with Crippen molar-refractivity contribution in [2.24, 2.45) is 4.99 Å². The van der Waals surface area contributed by atoms with Crippen molar-refractivity contribution in [2.75, 3.05) is 64.9 Å². The molecule has 0 amide bonds. The van der Waals surface area contributed by atoms with Gasteiger partial charge < -0.3 is 29.9 Å². The number of piperazine rings is 1. The summed E-state index contributed by atoms with van der Waals surface area (Å²) in [4.78, 5) is 29.5. The molecule has 220 valence electrons. The molecule has 2 aromatic rings. The highest BCUT2D eigenvalue weighted by Crippen LogP contribution is 2.16. The molecule has 2 aromatic carbocycles. The van der Waals surface area contributed by atoms with Crippen LogP contribution >= 0.6 is 11.6 Å². The SMILES string of the molecule is COCCCN=C(Nc1cccc(C(=O)O)c1)N1CCN(CCOc2ccc(Cl)cc2)CC1.O=C(O)C(F)(F)F. The molecule has 0 saturated carbocycles. The minimum absolute atomic E-state index is 0.240. The Morgan fingerprint density at radius 3 is 2.27 bits per heavy atom. The Labute approximate surface area is 235 Å². The smallest absolute Gasteiger partial charge is 0.490 e. The van der Waals surface area contributed by atoms with Gasteiger partial charge in [-0.3, -0.25) is 9.89 Å². The summed E-state index contributed by atoms with van der Waals surface area (Å²) >= 11 is 5.91. The molecule has 0 aromatic heterocycles. The first-order valence-corrected chi connectivity index (χ1v) is 12.7. The molecule has 14 heteroatoms. The number of aliphatic imine (C=N–C) groups is 1. The van der Waals surface area contributed by atoms with Crippen LogP contribution in [-0.2, 0) is 9.53 Å². The van der Waals surface area contributed by atoms with E-state index in [-0.39, 0.29) is 5.56 Å². The number of aromatic carboxylic acids is 1. The Morgan fingerprint density at radius 1 is 1.05 bits per heavy atom. The van der Waals surface area contributed by atoms with Crippen molar-refractivity contribution in [3.05, 3.63) is 59.1 Å². The third-order valence-corrected chi connectivity index (χ3v) is 5.79.